The minimum atomic E-state index is 0.573. The lowest BCUT2D eigenvalue weighted by Crippen LogP contribution is -2.18. The summed E-state index contributed by atoms with van der Waals surface area (Å²) in [6, 6.07) is 7.65. The minimum absolute atomic E-state index is 0.573. The predicted molar refractivity (Wildman–Crippen MR) is 80.7 cm³/mol. The molecule has 19 heavy (non-hydrogen) atoms. The molecule has 1 heterocycles. The first kappa shape index (κ1) is 14.4. The Morgan fingerprint density at radius 1 is 1.26 bits per heavy atom. The molecule has 4 nitrogen and oxygen atoms in total. The molecule has 2 aromatic rings. The lowest BCUT2D eigenvalue weighted by Gasteiger charge is -2.04. The minimum Gasteiger partial charge on any atom is -0.430 e. The molecule has 0 amide bonds. The number of aromatic nitrogens is 2. The highest BCUT2D eigenvalue weighted by atomic mass is 79.9. The van der Waals surface area contributed by atoms with Crippen LogP contribution in [0.15, 0.2) is 28.7 Å². The third kappa shape index (κ3) is 4.89. The summed E-state index contributed by atoms with van der Waals surface area (Å²) in [4.78, 5) is 0. The van der Waals surface area contributed by atoms with Crippen LogP contribution in [0.1, 0.15) is 18.9 Å². The monoisotopic (exact) mass is 341 g/mol. The summed E-state index contributed by atoms with van der Waals surface area (Å²) in [5.41, 5.74) is 0. The summed E-state index contributed by atoms with van der Waals surface area (Å²) in [6.07, 6.45) is 0. The van der Waals surface area contributed by atoms with Gasteiger partial charge in [0.2, 0.25) is 0 Å². The van der Waals surface area contributed by atoms with Gasteiger partial charge in [-0.25, -0.2) is 0 Å². The van der Waals surface area contributed by atoms with E-state index in [-0.39, 0.29) is 0 Å². The zero-order valence-corrected chi connectivity index (χ0v) is 13.3. The van der Waals surface area contributed by atoms with Crippen LogP contribution in [0.25, 0.3) is 0 Å². The molecule has 0 radical (unpaired) electrons. The van der Waals surface area contributed by atoms with Crippen molar-refractivity contribution in [2.45, 2.75) is 20.4 Å². The summed E-state index contributed by atoms with van der Waals surface area (Å²) in [5, 5.41) is 13.0. The van der Waals surface area contributed by atoms with Crippen LogP contribution in [-0.2, 0) is 6.54 Å². The highest BCUT2D eigenvalue weighted by Crippen LogP contribution is 2.25. The number of nitrogens with zero attached hydrogens (tertiary/aromatic N) is 2. The first-order valence-electron chi connectivity index (χ1n) is 6.10. The maximum atomic E-state index is 5.64. The Kier molecular flexibility index (Phi) is 5.30. The van der Waals surface area contributed by atoms with E-state index in [1.807, 2.05) is 24.3 Å². The number of benzene rings is 1. The zero-order chi connectivity index (χ0) is 13.7. The van der Waals surface area contributed by atoms with Crippen molar-refractivity contribution in [3.63, 3.8) is 0 Å². The fourth-order valence-electron chi connectivity index (χ4n) is 1.42. The van der Waals surface area contributed by atoms with Gasteiger partial charge >= 0.3 is 0 Å². The maximum Gasteiger partial charge on any atom is 0.299 e. The number of ether oxygens (including phenoxy) is 1. The second-order valence-electron chi connectivity index (χ2n) is 4.54. The van der Waals surface area contributed by atoms with Gasteiger partial charge in [-0.15, -0.1) is 5.10 Å². The number of rotatable bonds is 6. The Labute approximate surface area is 125 Å². The summed E-state index contributed by atoms with van der Waals surface area (Å²) in [7, 11) is 0. The number of hydrogen-bond acceptors (Lipinski definition) is 5. The molecule has 0 saturated heterocycles. The number of nitrogens with one attached hydrogen (secondary N) is 1. The molecule has 6 heteroatoms. The van der Waals surface area contributed by atoms with Crippen LogP contribution in [0.5, 0.6) is 10.9 Å². The van der Waals surface area contributed by atoms with E-state index in [1.165, 1.54) is 11.3 Å². The van der Waals surface area contributed by atoms with Crippen molar-refractivity contribution in [2.75, 3.05) is 6.54 Å². The van der Waals surface area contributed by atoms with E-state index in [9.17, 15) is 0 Å². The topological polar surface area (TPSA) is 47.0 Å². The lowest BCUT2D eigenvalue weighted by molar-refractivity contribution is 0.472. The van der Waals surface area contributed by atoms with E-state index in [1.54, 1.807) is 0 Å². The second-order valence-corrected chi connectivity index (χ2v) is 6.48. The molecule has 0 aliphatic carbocycles. The molecular weight excluding hydrogens is 326 g/mol. The largest absolute Gasteiger partial charge is 0.430 e. The van der Waals surface area contributed by atoms with Crippen molar-refractivity contribution in [1.29, 1.82) is 0 Å². The Bertz CT molecular complexity index is 513. The molecule has 1 N–H and O–H groups in total. The summed E-state index contributed by atoms with van der Waals surface area (Å²) >= 11 is 4.85. The van der Waals surface area contributed by atoms with E-state index in [2.05, 4.69) is 45.3 Å². The molecule has 0 fully saturated rings. The van der Waals surface area contributed by atoms with E-state index in [0.29, 0.717) is 11.1 Å². The Morgan fingerprint density at radius 2 is 2.00 bits per heavy atom. The Balaban J connectivity index is 1.88. The molecule has 1 aromatic heterocycles. The van der Waals surface area contributed by atoms with E-state index < -0.39 is 0 Å². The van der Waals surface area contributed by atoms with Crippen LogP contribution >= 0.6 is 27.3 Å². The summed E-state index contributed by atoms with van der Waals surface area (Å²) < 4.78 is 6.66. The smallest absolute Gasteiger partial charge is 0.299 e. The molecule has 0 saturated carbocycles. The van der Waals surface area contributed by atoms with Crippen LogP contribution in [-0.4, -0.2) is 16.7 Å². The van der Waals surface area contributed by atoms with Gasteiger partial charge in [-0.05, 0) is 36.7 Å². The maximum absolute atomic E-state index is 5.64. The SMILES string of the molecule is CC(C)CNCc1nnc(Oc2ccc(Br)cc2)s1. The Hall–Kier alpha value is -0.980. The highest BCUT2D eigenvalue weighted by Gasteiger charge is 2.06. The average molecular weight is 342 g/mol. The molecule has 0 aliphatic heterocycles. The molecule has 102 valence electrons. The van der Waals surface area contributed by atoms with Crippen LogP contribution in [0.4, 0.5) is 0 Å². The third-order valence-electron chi connectivity index (χ3n) is 2.30. The number of halogens is 1. The first-order chi connectivity index (χ1) is 9.13. The van der Waals surface area contributed by atoms with Crippen molar-refractivity contribution in [2.24, 2.45) is 5.92 Å². The number of hydrogen-bond donors (Lipinski definition) is 1. The predicted octanol–water partition coefficient (Wildman–Crippen LogP) is 3.84. The molecule has 0 bridgehead atoms. The molecule has 0 unspecified atom stereocenters. The van der Waals surface area contributed by atoms with E-state index >= 15 is 0 Å². The second kappa shape index (κ2) is 6.98. The standard InChI is InChI=1S/C13H16BrN3OS/c1-9(2)7-15-8-12-16-17-13(19-12)18-11-5-3-10(14)4-6-11/h3-6,9,15H,7-8H2,1-2H3. The quantitative estimate of drug-likeness (QED) is 0.867. The van der Waals surface area contributed by atoms with Crippen molar-refractivity contribution >= 4 is 27.3 Å². The van der Waals surface area contributed by atoms with Gasteiger partial charge in [-0.2, -0.15) is 0 Å². The van der Waals surface area contributed by atoms with Crippen LogP contribution in [0, 0.1) is 5.92 Å². The normalized spacial score (nSPS) is 10.9. The fourth-order valence-corrected chi connectivity index (χ4v) is 2.36. The molecule has 1 aromatic carbocycles. The van der Waals surface area contributed by atoms with Crippen molar-refractivity contribution in [3.05, 3.63) is 33.7 Å². The van der Waals surface area contributed by atoms with Gasteiger partial charge in [-0.3, -0.25) is 0 Å². The van der Waals surface area contributed by atoms with Gasteiger partial charge in [0.1, 0.15) is 10.8 Å². The zero-order valence-electron chi connectivity index (χ0n) is 10.9. The van der Waals surface area contributed by atoms with Crippen LogP contribution in [0.2, 0.25) is 0 Å². The summed E-state index contributed by atoms with van der Waals surface area (Å²) in [6.45, 7) is 6.06. The third-order valence-corrected chi connectivity index (χ3v) is 3.63. The van der Waals surface area contributed by atoms with Crippen molar-refractivity contribution in [3.8, 4) is 10.9 Å². The lowest BCUT2D eigenvalue weighted by atomic mass is 10.2. The molecule has 0 spiro atoms. The molecule has 0 atom stereocenters. The van der Waals surface area contributed by atoms with E-state index in [0.717, 1.165) is 28.3 Å². The van der Waals surface area contributed by atoms with Crippen molar-refractivity contribution in [1.82, 2.24) is 15.5 Å². The Morgan fingerprint density at radius 3 is 2.68 bits per heavy atom. The first-order valence-corrected chi connectivity index (χ1v) is 7.71. The van der Waals surface area contributed by atoms with Gasteiger partial charge in [0.25, 0.3) is 5.19 Å². The van der Waals surface area contributed by atoms with Gasteiger partial charge in [0.15, 0.2) is 0 Å². The van der Waals surface area contributed by atoms with Crippen LogP contribution < -0.4 is 10.1 Å². The van der Waals surface area contributed by atoms with Crippen molar-refractivity contribution < 1.29 is 4.74 Å². The molecule has 0 aliphatic rings. The fraction of sp³-hybridized carbons (Fsp3) is 0.385. The molecule has 2 rings (SSSR count). The van der Waals surface area contributed by atoms with E-state index in [4.69, 9.17) is 4.74 Å². The van der Waals surface area contributed by atoms with Crippen LogP contribution in [0.3, 0.4) is 0 Å². The van der Waals surface area contributed by atoms with Gasteiger partial charge in [0, 0.05) is 11.0 Å². The summed E-state index contributed by atoms with van der Waals surface area (Å²) in [5.74, 6) is 1.40. The molecular formula is C13H16BrN3OS. The van der Waals surface area contributed by atoms with Gasteiger partial charge in [-0.1, -0.05) is 46.2 Å². The van der Waals surface area contributed by atoms with Gasteiger partial charge < -0.3 is 10.1 Å². The van der Waals surface area contributed by atoms with Gasteiger partial charge in [0.05, 0.1) is 0 Å². The highest BCUT2D eigenvalue weighted by molar-refractivity contribution is 9.10. The average Bonchev–Trinajstić information content (AvgIpc) is 2.79.